The maximum atomic E-state index is 12.7. The molecule has 5 heteroatoms. The first-order valence-electron chi connectivity index (χ1n) is 6.73. The smallest absolute Gasteiger partial charge is 0.310 e. The van der Waals surface area contributed by atoms with Crippen LogP contribution in [-0.2, 0) is 19.1 Å². The van der Waals surface area contributed by atoms with Crippen LogP contribution in [0.1, 0.15) is 23.6 Å². The molecule has 1 N–H and O–H groups in total. The van der Waals surface area contributed by atoms with Crippen LogP contribution >= 0.6 is 0 Å². The summed E-state index contributed by atoms with van der Waals surface area (Å²) in [6, 6.07) is 9.38. The quantitative estimate of drug-likeness (QED) is 0.906. The summed E-state index contributed by atoms with van der Waals surface area (Å²) in [6.07, 6.45) is -0.304. The van der Waals surface area contributed by atoms with Crippen molar-refractivity contribution in [3.05, 3.63) is 65.5 Å². The van der Waals surface area contributed by atoms with Crippen LogP contribution in [0.3, 0.4) is 0 Å². The second-order valence-corrected chi connectivity index (χ2v) is 5.04. The van der Waals surface area contributed by atoms with Gasteiger partial charge < -0.3 is 5.32 Å². The SMILES string of the molecule is C[C@H](Cc1cccc(C(F)(F)F)c1)NCc1ccncc1. The highest BCUT2D eigenvalue weighted by molar-refractivity contribution is 5.26. The molecule has 0 radical (unpaired) electrons. The zero-order chi connectivity index (χ0) is 15.3. The minimum Gasteiger partial charge on any atom is -0.310 e. The Morgan fingerprint density at radius 3 is 2.48 bits per heavy atom. The summed E-state index contributed by atoms with van der Waals surface area (Å²) in [5.41, 5.74) is 1.18. The molecule has 21 heavy (non-hydrogen) atoms. The average Bonchev–Trinajstić information content (AvgIpc) is 2.46. The van der Waals surface area contributed by atoms with Gasteiger partial charge in [-0.1, -0.05) is 18.2 Å². The van der Waals surface area contributed by atoms with Crippen molar-refractivity contribution in [3.8, 4) is 0 Å². The first-order chi connectivity index (χ1) is 9.95. The topological polar surface area (TPSA) is 24.9 Å². The molecule has 0 bridgehead atoms. The van der Waals surface area contributed by atoms with Crippen molar-refractivity contribution < 1.29 is 13.2 Å². The van der Waals surface area contributed by atoms with Crippen molar-refractivity contribution in [1.82, 2.24) is 10.3 Å². The van der Waals surface area contributed by atoms with Crippen molar-refractivity contribution in [2.45, 2.75) is 32.1 Å². The highest BCUT2D eigenvalue weighted by atomic mass is 19.4. The third kappa shape index (κ3) is 4.86. The van der Waals surface area contributed by atoms with Crippen molar-refractivity contribution in [2.75, 3.05) is 0 Å². The third-order valence-electron chi connectivity index (χ3n) is 3.20. The molecule has 1 heterocycles. The summed E-state index contributed by atoms with van der Waals surface area (Å²) >= 11 is 0. The number of benzene rings is 1. The zero-order valence-electron chi connectivity index (χ0n) is 11.7. The Kier molecular flexibility index (Phi) is 4.96. The fourth-order valence-electron chi connectivity index (χ4n) is 2.09. The van der Waals surface area contributed by atoms with E-state index in [-0.39, 0.29) is 6.04 Å². The van der Waals surface area contributed by atoms with Crippen LogP contribution in [0.25, 0.3) is 0 Å². The van der Waals surface area contributed by atoms with Gasteiger partial charge in [0.25, 0.3) is 0 Å². The second-order valence-electron chi connectivity index (χ2n) is 5.04. The molecule has 0 saturated heterocycles. The van der Waals surface area contributed by atoms with Gasteiger partial charge in [-0.05, 0) is 42.7 Å². The van der Waals surface area contributed by atoms with Gasteiger partial charge in [-0.15, -0.1) is 0 Å². The van der Waals surface area contributed by atoms with Crippen molar-refractivity contribution in [1.29, 1.82) is 0 Å². The molecule has 2 nitrogen and oxygen atoms in total. The Morgan fingerprint density at radius 2 is 1.81 bits per heavy atom. The Bertz CT molecular complexity index is 567. The average molecular weight is 294 g/mol. The van der Waals surface area contributed by atoms with E-state index in [9.17, 15) is 13.2 Å². The number of nitrogens with one attached hydrogen (secondary N) is 1. The van der Waals surface area contributed by atoms with Gasteiger partial charge in [0.15, 0.2) is 0 Å². The number of rotatable bonds is 5. The molecule has 0 aliphatic rings. The summed E-state index contributed by atoms with van der Waals surface area (Å²) < 4.78 is 38.0. The number of halogens is 3. The Hall–Kier alpha value is -1.88. The minimum absolute atomic E-state index is 0.0849. The number of aromatic nitrogens is 1. The molecule has 1 aromatic carbocycles. The van der Waals surface area contributed by atoms with E-state index in [1.54, 1.807) is 18.5 Å². The van der Waals surface area contributed by atoms with Crippen molar-refractivity contribution >= 4 is 0 Å². The van der Waals surface area contributed by atoms with Crippen LogP contribution in [0.5, 0.6) is 0 Å². The van der Waals surface area contributed by atoms with Gasteiger partial charge in [0, 0.05) is 25.0 Å². The monoisotopic (exact) mass is 294 g/mol. The van der Waals surface area contributed by atoms with Gasteiger partial charge >= 0.3 is 6.18 Å². The van der Waals surface area contributed by atoms with Gasteiger partial charge in [0.1, 0.15) is 0 Å². The first kappa shape index (κ1) is 15.5. The molecule has 1 atom stereocenters. The number of hydrogen-bond acceptors (Lipinski definition) is 2. The van der Waals surface area contributed by atoms with Gasteiger partial charge in [-0.25, -0.2) is 0 Å². The van der Waals surface area contributed by atoms with Crippen LogP contribution in [0.15, 0.2) is 48.8 Å². The molecule has 0 amide bonds. The van der Waals surface area contributed by atoms with E-state index in [1.165, 1.54) is 12.1 Å². The van der Waals surface area contributed by atoms with Crippen molar-refractivity contribution in [3.63, 3.8) is 0 Å². The predicted molar refractivity (Wildman–Crippen MR) is 75.7 cm³/mol. The van der Waals surface area contributed by atoms with E-state index in [2.05, 4.69) is 10.3 Å². The molecule has 0 spiro atoms. The van der Waals surface area contributed by atoms with Crippen LogP contribution in [0.4, 0.5) is 13.2 Å². The molecule has 0 aliphatic heterocycles. The lowest BCUT2D eigenvalue weighted by molar-refractivity contribution is -0.137. The molecule has 1 aromatic heterocycles. The van der Waals surface area contributed by atoms with Crippen LogP contribution in [0.2, 0.25) is 0 Å². The summed E-state index contributed by atoms with van der Waals surface area (Å²) in [4.78, 5) is 3.94. The van der Waals surface area contributed by atoms with Crippen molar-refractivity contribution in [2.24, 2.45) is 0 Å². The summed E-state index contributed by atoms with van der Waals surface area (Å²) in [6.45, 7) is 2.63. The van der Waals surface area contributed by atoms with E-state index in [0.29, 0.717) is 18.5 Å². The van der Waals surface area contributed by atoms with Gasteiger partial charge in [0.2, 0.25) is 0 Å². The highest BCUT2D eigenvalue weighted by Gasteiger charge is 2.30. The molecule has 2 rings (SSSR count). The molecular weight excluding hydrogens is 277 g/mol. The Morgan fingerprint density at radius 1 is 1.10 bits per heavy atom. The fraction of sp³-hybridized carbons (Fsp3) is 0.312. The lowest BCUT2D eigenvalue weighted by Gasteiger charge is -2.15. The van der Waals surface area contributed by atoms with E-state index in [4.69, 9.17) is 0 Å². The summed E-state index contributed by atoms with van der Waals surface area (Å²) in [5.74, 6) is 0. The third-order valence-corrected chi connectivity index (χ3v) is 3.20. The standard InChI is InChI=1S/C16H17F3N2/c1-12(21-11-13-5-7-20-8-6-13)9-14-3-2-4-15(10-14)16(17,18)19/h2-8,10,12,21H,9,11H2,1H3/t12-/m1/s1. The highest BCUT2D eigenvalue weighted by Crippen LogP contribution is 2.29. The maximum Gasteiger partial charge on any atom is 0.416 e. The van der Waals surface area contributed by atoms with Gasteiger partial charge in [-0.3, -0.25) is 4.98 Å². The van der Waals surface area contributed by atoms with E-state index < -0.39 is 11.7 Å². The van der Waals surface area contributed by atoms with E-state index >= 15 is 0 Å². The lowest BCUT2D eigenvalue weighted by atomic mass is 10.0. The van der Waals surface area contributed by atoms with E-state index in [1.807, 2.05) is 19.1 Å². The van der Waals surface area contributed by atoms with Gasteiger partial charge in [0.05, 0.1) is 5.56 Å². The summed E-state index contributed by atoms with van der Waals surface area (Å²) in [5, 5.41) is 3.30. The summed E-state index contributed by atoms with van der Waals surface area (Å²) in [7, 11) is 0. The fourth-order valence-corrected chi connectivity index (χ4v) is 2.09. The Balaban J connectivity index is 1.92. The number of pyridine rings is 1. The van der Waals surface area contributed by atoms with Crippen LogP contribution in [0, 0.1) is 0 Å². The zero-order valence-corrected chi connectivity index (χ0v) is 11.7. The number of hydrogen-bond donors (Lipinski definition) is 1. The lowest BCUT2D eigenvalue weighted by Crippen LogP contribution is -2.27. The van der Waals surface area contributed by atoms with Crippen LogP contribution < -0.4 is 5.32 Å². The molecule has 0 aliphatic carbocycles. The second kappa shape index (κ2) is 6.72. The molecule has 0 fully saturated rings. The minimum atomic E-state index is -4.29. The normalized spacial score (nSPS) is 13.1. The molecule has 112 valence electrons. The maximum absolute atomic E-state index is 12.7. The Labute approximate surface area is 122 Å². The van der Waals surface area contributed by atoms with Crippen LogP contribution in [-0.4, -0.2) is 11.0 Å². The number of nitrogens with zero attached hydrogens (tertiary/aromatic N) is 1. The molecule has 0 saturated carbocycles. The number of alkyl halides is 3. The molecular formula is C16H17F3N2. The molecule has 2 aromatic rings. The largest absolute Gasteiger partial charge is 0.416 e. The van der Waals surface area contributed by atoms with Gasteiger partial charge in [-0.2, -0.15) is 13.2 Å². The first-order valence-corrected chi connectivity index (χ1v) is 6.73. The molecule has 0 unspecified atom stereocenters. The predicted octanol–water partition coefficient (Wildman–Crippen LogP) is 3.82. The van der Waals surface area contributed by atoms with E-state index in [0.717, 1.165) is 11.6 Å².